The van der Waals surface area contributed by atoms with Crippen molar-refractivity contribution < 1.29 is 14.7 Å². The highest BCUT2D eigenvalue weighted by Crippen LogP contribution is 2.14. The van der Waals surface area contributed by atoms with Gasteiger partial charge < -0.3 is 20.6 Å². The van der Waals surface area contributed by atoms with Crippen molar-refractivity contribution in [1.29, 1.82) is 0 Å². The lowest BCUT2D eigenvalue weighted by molar-refractivity contribution is 0.0755. The predicted octanol–water partition coefficient (Wildman–Crippen LogP) is 2.79. The number of aliphatic hydroxyl groups excluding tert-OH is 1. The predicted molar refractivity (Wildman–Crippen MR) is 135 cm³/mol. The van der Waals surface area contributed by atoms with Gasteiger partial charge in [0.05, 0.1) is 6.10 Å². The zero-order valence-electron chi connectivity index (χ0n) is 19.9. The number of hydrogen-bond acceptors (Lipinski definition) is 4. The monoisotopic (exact) mass is 459 g/mol. The molecule has 0 unspecified atom stereocenters. The zero-order chi connectivity index (χ0) is 24.9. The maximum absolute atomic E-state index is 13.0. The fourth-order valence-corrected chi connectivity index (χ4v) is 3.54. The van der Waals surface area contributed by atoms with Crippen molar-refractivity contribution in [2.24, 2.45) is 0 Å². The molecule has 0 saturated heterocycles. The molecular formula is C28H33N3O3. The summed E-state index contributed by atoms with van der Waals surface area (Å²) in [7, 11) is 0. The van der Waals surface area contributed by atoms with Gasteiger partial charge in [-0.1, -0.05) is 37.8 Å². The van der Waals surface area contributed by atoms with E-state index in [1.165, 1.54) is 0 Å². The molecule has 0 saturated carbocycles. The number of carbonyl (C=O) groups excluding carboxylic acids is 2. The topological polar surface area (TPSA) is 81.7 Å². The molecule has 2 aromatic rings. The van der Waals surface area contributed by atoms with E-state index < -0.39 is 12.0 Å². The van der Waals surface area contributed by atoms with E-state index >= 15 is 0 Å². The maximum Gasteiger partial charge on any atom is 0.253 e. The number of nitrogens with one attached hydrogen (secondary N) is 2. The highest BCUT2D eigenvalue weighted by Gasteiger charge is 2.18. The van der Waals surface area contributed by atoms with Crippen LogP contribution in [0.5, 0.6) is 0 Å². The highest BCUT2D eigenvalue weighted by molar-refractivity contribution is 6.00. The molecule has 178 valence electrons. The van der Waals surface area contributed by atoms with E-state index in [2.05, 4.69) is 22.5 Å². The molecule has 2 amide bonds. The van der Waals surface area contributed by atoms with Gasteiger partial charge in [-0.2, -0.15) is 0 Å². The summed E-state index contributed by atoms with van der Waals surface area (Å²) in [5.41, 5.74) is 2.94. The minimum atomic E-state index is -0.790. The Morgan fingerprint density at radius 2 is 1.65 bits per heavy atom. The summed E-state index contributed by atoms with van der Waals surface area (Å²) in [5.74, 6) is 4.56. The Kier molecular flexibility index (Phi) is 10.9. The summed E-state index contributed by atoms with van der Waals surface area (Å²) in [5, 5.41) is 16.1. The molecule has 34 heavy (non-hydrogen) atoms. The van der Waals surface area contributed by atoms with E-state index in [1.807, 2.05) is 38.1 Å². The fraction of sp³-hybridized carbons (Fsp3) is 0.357. The number of benzene rings is 2. The number of carbonyl (C=O) groups is 2. The van der Waals surface area contributed by atoms with Crippen LogP contribution < -0.4 is 10.6 Å². The van der Waals surface area contributed by atoms with Gasteiger partial charge in [0.15, 0.2) is 0 Å². The van der Waals surface area contributed by atoms with E-state index in [9.17, 15) is 14.7 Å². The van der Waals surface area contributed by atoms with Crippen LogP contribution in [0.3, 0.4) is 0 Å². The van der Waals surface area contributed by atoms with Gasteiger partial charge in [-0.25, -0.2) is 0 Å². The Morgan fingerprint density at radius 1 is 0.971 bits per heavy atom. The largest absolute Gasteiger partial charge is 0.390 e. The number of amides is 2. The van der Waals surface area contributed by atoms with Gasteiger partial charge in [-0.3, -0.25) is 9.59 Å². The normalized spacial score (nSPS) is 11.2. The molecule has 0 bridgehead atoms. The SMILES string of the molecule is C#Cc1cccc(CNC[C@@H](O)CNC(=O)c2cc(C#C)cc(C(=O)N(CCC)CCC)c2)c1. The molecule has 0 heterocycles. The lowest BCUT2D eigenvalue weighted by atomic mass is 10.0. The first-order chi connectivity index (χ1) is 16.4. The second kappa shape index (κ2) is 13.9. The average molecular weight is 460 g/mol. The lowest BCUT2D eigenvalue weighted by Gasteiger charge is -2.22. The standard InChI is InChI=1S/C28H33N3O3/c1-5-12-31(13-6-2)28(34)25-16-22(8-4)15-24(17-25)27(33)30-20-26(32)19-29-18-23-11-9-10-21(7-3)14-23/h3-4,9-11,14-17,26,29,32H,5-6,12-13,18-20H2,1-2H3,(H,30,33)/t26-/m1/s1. The van der Waals surface area contributed by atoms with Crippen molar-refractivity contribution in [1.82, 2.24) is 15.5 Å². The number of aliphatic hydroxyl groups is 1. The highest BCUT2D eigenvalue weighted by atomic mass is 16.3. The van der Waals surface area contributed by atoms with Crippen molar-refractivity contribution in [3.05, 3.63) is 70.3 Å². The maximum atomic E-state index is 13.0. The fourth-order valence-electron chi connectivity index (χ4n) is 3.54. The molecule has 2 aromatic carbocycles. The molecule has 6 nitrogen and oxygen atoms in total. The van der Waals surface area contributed by atoms with Gasteiger partial charge in [0.2, 0.25) is 0 Å². The van der Waals surface area contributed by atoms with E-state index in [4.69, 9.17) is 12.8 Å². The van der Waals surface area contributed by atoms with Crippen LogP contribution in [0.1, 0.15) is 64.1 Å². The van der Waals surface area contributed by atoms with E-state index in [0.717, 1.165) is 24.0 Å². The van der Waals surface area contributed by atoms with Crippen molar-refractivity contribution in [3.63, 3.8) is 0 Å². The molecule has 0 aliphatic rings. The third-order valence-corrected chi connectivity index (χ3v) is 5.18. The quantitative estimate of drug-likeness (QED) is 0.427. The Balaban J connectivity index is 1.96. The minimum Gasteiger partial charge on any atom is -0.390 e. The van der Waals surface area contributed by atoms with Gasteiger partial charge >= 0.3 is 0 Å². The molecule has 2 rings (SSSR count). The van der Waals surface area contributed by atoms with Crippen LogP contribution in [0.4, 0.5) is 0 Å². The molecule has 0 aliphatic heterocycles. The van der Waals surface area contributed by atoms with Gasteiger partial charge in [0.1, 0.15) is 0 Å². The van der Waals surface area contributed by atoms with E-state index in [1.54, 1.807) is 23.1 Å². The van der Waals surface area contributed by atoms with Crippen LogP contribution in [0.2, 0.25) is 0 Å². The van der Waals surface area contributed by atoms with E-state index in [-0.39, 0.29) is 24.6 Å². The van der Waals surface area contributed by atoms with Crippen LogP contribution in [0.25, 0.3) is 0 Å². The molecule has 0 fully saturated rings. The van der Waals surface area contributed by atoms with Crippen molar-refractivity contribution >= 4 is 11.8 Å². The Bertz CT molecular complexity index is 1060. The number of hydrogen-bond donors (Lipinski definition) is 3. The number of nitrogens with zero attached hydrogens (tertiary/aromatic N) is 1. The Labute approximate surface area is 202 Å². The third-order valence-electron chi connectivity index (χ3n) is 5.18. The van der Waals surface area contributed by atoms with Crippen molar-refractivity contribution in [2.75, 3.05) is 26.2 Å². The summed E-state index contributed by atoms with van der Waals surface area (Å²) >= 11 is 0. The Morgan fingerprint density at radius 3 is 2.29 bits per heavy atom. The van der Waals surface area contributed by atoms with Crippen LogP contribution in [-0.4, -0.2) is 54.1 Å². The summed E-state index contributed by atoms with van der Waals surface area (Å²) in [6.45, 7) is 6.20. The third kappa shape index (κ3) is 8.08. The second-order valence-corrected chi connectivity index (χ2v) is 8.08. The van der Waals surface area contributed by atoms with Crippen LogP contribution in [0, 0.1) is 24.7 Å². The summed E-state index contributed by atoms with van der Waals surface area (Å²) in [4.78, 5) is 27.5. The molecule has 0 spiro atoms. The van der Waals surface area contributed by atoms with E-state index in [0.29, 0.717) is 30.8 Å². The second-order valence-electron chi connectivity index (χ2n) is 8.08. The zero-order valence-corrected chi connectivity index (χ0v) is 19.9. The lowest BCUT2D eigenvalue weighted by Crippen LogP contribution is -2.38. The molecule has 6 heteroatoms. The smallest absolute Gasteiger partial charge is 0.253 e. The van der Waals surface area contributed by atoms with Gasteiger partial charge in [0.25, 0.3) is 11.8 Å². The number of rotatable bonds is 12. The van der Waals surface area contributed by atoms with Crippen LogP contribution >= 0.6 is 0 Å². The molecule has 1 atom stereocenters. The van der Waals surface area contributed by atoms with Crippen LogP contribution in [-0.2, 0) is 6.54 Å². The molecule has 0 aliphatic carbocycles. The Hall–Kier alpha value is -3.58. The molecular weight excluding hydrogens is 426 g/mol. The molecule has 0 aromatic heterocycles. The molecule has 0 radical (unpaired) electrons. The number of terminal acetylenes is 2. The average Bonchev–Trinajstić information content (AvgIpc) is 2.86. The summed E-state index contributed by atoms with van der Waals surface area (Å²) in [6, 6.07) is 12.3. The first-order valence-electron chi connectivity index (χ1n) is 11.5. The minimum absolute atomic E-state index is 0.0532. The summed E-state index contributed by atoms with van der Waals surface area (Å²) in [6.07, 6.45) is 11.9. The molecule has 3 N–H and O–H groups in total. The first kappa shape index (κ1) is 26.7. The van der Waals surface area contributed by atoms with Crippen LogP contribution in [0.15, 0.2) is 42.5 Å². The van der Waals surface area contributed by atoms with Gasteiger partial charge in [-0.05, 0) is 48.7 Å². The van der Waals surface area contributed by atoms with Gasteiger partial charge in [0, 0.05) is 55.0 Å². The van der Waals surface area contributed by atoms with Gasteiger partial charge in [-0.15, -0.1) is 12.8 Å². The van der Waals surface area contributed by atoms with Crippen molar-refractivity contribution in [2.45, 2.75) is 39.3 Å². The first-order valence-corrected chi connectivity index (χ1v) is 11.5. The van der Waals surface area contributed by atoms with Crippen molar-refractivity contribution in [3.8, 4) is 24.7 Å². The summed E-state index contributed by atoms with van der Waals surface area (Å²) < 4.78 is 0.